The van der Waals surface area contributed by atoms with Crippen LogP contribution in [0.3, 0.4) is 0 Å². The van der Waals surface area contributed by atoms with Gasteiger partial charge < -0.3 is 15.4 Å². The average Bonchev–Trinajstić information content (AvgIpc) is 2.93. The third-order valence-electron chi connectivity index (χ3n) is 4.28. The van der Waals surface area contributed by atoms with Crippen LogP contribution in [-0.4, -0.2) is 19.1 Å². The molecule has 2 N–H and O–H groups in total. The molecule has 1 aliphatic rings. The van der Waals surface area contributed by atoms with E-state index in [1.54, 1.807) is 0 Å². The van der Waals surface area contributed by atoms with Gasteiger partial charge in [0.1, 0.15) is 11.5 Å². The van der Waals surface area contributed by atoms with Crippen molar-refractivity contribution < 1.29 is 4.74 Å². The second kappa shape index (κ2) is 6.81. The van der Waals surface area contributed by atoms with Crippen molar-refractivity contribution in [3.8, 4) is 11.5 Å². The van der Waals surface area contributed by atoms with Crippen LogP contribution in [0.25, 0.3) is 0 Å². The molecule has 1 aliphatic heterocycles. The first kappa shape index (κ1) is 16.2. The predicted octanol–water partition coefficient (Wildman–Crippen LogP) is 4.40. The molecule has 3 rings (SSSR count). The number of benzene rings is 2. The fourth-order valence-electron chi connectivity index (χ4n) is 3.12. The van der Waals surface area contributed by atoms with E-state index in [9.17, 15) is 0 Å². The van der Waals surface area contributed by atoms with Gasteiger partial charge in [0.15, 0.2) is 0 Å². The van der Waals surface area contributed by atoms with E-state index in [0.717, 1.165) is 36.4 Å². The number of fused-ring (bicyclic) bond motifs is 1. The van der Waals surface area contributed by atoms with E-state index in [1.165, 1.54) is 11.3 Å². The molecule has 2 aromatic rings. The van der Waals surface area contributed by atoms with Gasteiger partial charge in [-0.3, -0.25) is 0 Å². The molecule has 0 aromatic heterocycles. The summed E-state index contributed by atoms with van der Waals surface area (Å²) in [6, 6.07) is 12.6. The number of anilines is 1. The lowest BCUT2D eigenvalue weighted by molar-refractivity contribution is 0.476. The lowest BCUT2D eigenvalue weighted by Crippen LogP contribution is -2.28. The number of ether oxygens (including phenoxy) is 1. The molecule has 3 nitrogen and oxygen atoms in total. The van der Waals surface area contributed by atoms with Gasteiger partial charge in [0.2, 0.25) is 0 Å². The number of hydrogen-bond donors (Lipinski definition) is 1. The highest BCUT2D eigenvalue weighted by atomic mass is 35.5. The Balaban J connectivity index is 1.86. The normalized spacial score (nSPS) is 13.5. The summed E-state index contributed by atoms with van der Waals surface area (Å²) in [5.74, 6) is 1.65. The minimum absolute atomic E-state index is 0.520. The summed E-state index contributed by atoms with van der Waals surface area (Å²) < 4.78 is 6.11. The quantitative estimate of drug-likeness (QED) is 0.882. The number of rotatable bonds is 5. The summed E-state index contributed by atoms with van der Waals surface area (Å²) in [7, 11) is 0. The maximum Gasteiger partial charge on any atom is 0.132 e. The van der Waals surface area contributed by atoms with Crippen LogP contribution in [0.15, 0.2) is 36.4 Å². The smallest absolute Gasteiger partial charge is 0.132 e. The van der Waals surface area contributed by atoms with E-state index in [-0.39, 0.29) is 0 Å². The van der Waals surface area contributed by atoms with Gasteiger partial charge in [-0.25, -0.2) is 0 Å². The van der Waals surface area contributed by atoms with Crippen LogP contribution in [0, 0.1) is 0 Å². The Hall–Kier alpha value is -1.71. The maximum absolute atomic E-state index is 6.11. The molecule has 0 fully saturated rings. The molecule has 0 unspecified atom stereocenters. The van der Waals surface area contributed by atoms with Gasteiger partial charge in [-0.05, 0) is 74.7 Å². The lowest BCUT2D eigenvalue weighted by atomic mass is 10.1. The number of halogens is 1. The van der Waals surface area contributed by atoms with Gasteiger partial charge in [-0.1, -0.05) is 17.7 Å². The Morgan fingerprint density at radius 1 is 1.22 bits per heavy atom. The third kappa shape index (κ3) is 3.46. The number of nitrogens with two attached hydrogens (primary N) is 1. The van der Waals surface area contributed by atoms with Crippen molar-refractivity contribution in [1.82, 2.24) is 0 Å². The molecule has 122 valence electrons. The Morgan fingerprint density at radius 3 is 2.78 bits per heavy atom. The van der Waals surface area contributed by atoms with E-state index < -0.39 is 0 Å². The second-order valence-electron chi connectivity index (χ2n) is 6.22. The second-order valence-corrected chi connectivity index (χ2v) is 6.66. The average molecular weight is 331 g/mol. The molecular formula is C19H23ClN2O. The molecular weight excluding hydrogens is 308 g/mol. The molecule has 0 atom stereocenters. The molecule has 2 aromatic carbocycles. The minimum Gasteiger partial charge on any atom is -0.457 e. The van der Waals surface area contributed by atoms with Gasteiger partial charge in [-0.15, -0.1) is 0 Å². The van der Waals surface area contributed by atoms with E-state index >= 15 is 0 Å². The first-order chi connectivity index (χ1) is 11.1. The van der Waals surface area contributed by atoms with Crippen molar-refractivity contribution in [1.29, 1.82) is 0 Å². The standard InChI is InChI=1S/C19H23ClN2O/c1-13(2)22-10-8-15-11-17(5-6-18(15)22)23-19-12-16(20)4-3-14(19)7-9-21/h3-6,11-13H,7-10,21H2,1-2H3. The fraction of sp³-hybridized carbons (Fsp3) is 0.368. The highest BCUT2D eigenvalue weighted by Crippen LogP contribution is 2.35. The summed E-state index contributed by atoms with van der Waals surface area (Å²) in [6.07, 6.45) is 1.84. The van der Waals surface area contributed by atoms with Crippen LogP contribution in [-0.2, 0) is 12.8 Å². The summed E-state index contributed by atoms with van der Waals surface area (Å²) in [6.45, 7) is 6.12. The van der Waals surface area contributed by atoms with Crippen molar-refractivity contribution in [3.05, 3.63) is 52.5 Å². The van der Waals surface area contributed by atoms with Gasteiger partial charge in [0.25, 0.3) is 0 Å². The Labute approximate surface area is 143 Å². The Kier molecular flexibility index (Phi) is 4.79. The van der Waals surface area contributed by atoms with Gasteiger partial charge >= 0.3 is 0 Å². The fourth-order valence-corrected chi connectivity index (χ4v) is 3.28. The first-order valence-corrected chi connectivity index (χ1v) is 8.52. The Morgan fingerprint density at radius 2 is 2.04 bits per heavy atom. The lowest BCUT2D eigenvalue weighted by Gasteiger charge is -2.24. The van der Waals surface area contributed by atoms with E-state index in [0.29, 0.717) is 17.6 Å². The van der Waals surface area contributed by atoms with Crippen molar-refractivity contribution in [3.63, 3.8) is 0 Å². The van der Waals surface area contributed by atoms with Crippen molar-refractivity contribution in [2.24, 2.45) is 5.73 Å². The zero-order valence-electron chi connectivity index (χ0n) is 13.7. The highest BCUT2D eigenvalue weighted by Gasteiger charge is 2.21. The first-order valence-electron chi connectivity index (χ1n) is 8.14. The molecule has 0 amide bonds. The van der Waals surface area contributed by atoms with Crippen LogP contribution in [0.2, 0.25) is 5.02 Å². The summed E-state index contributed by atoms with van der Waals surface area (Å²) in [5.41, 5.74) is 9.43. The zero-order chi connectivity index (χ0) is 16.4. The summed E-state index contributed by atoms with van der Waals surface area (Å²) in [5, 5.41) is 0.674. The summed E-state index contributed by atoms with van der Waals surface area (Å²) >= 11 is 6.11. The van der Waals surface area contributed by atoms with Gasteiger partial charge in [0.05, 0.1) is 0 Å². The molecule has 0 bridgehead atoms. The molecule has 4 heteroatoms. The predicted molar refractivity (Wildman–Crippen MR) is 96.9 cm³/mol. The molecule has 0 saturated carbocycles. The maximum atomic E-state index is 6.11. The van der Waals surface area contributed by atoms with Crippen LogP contribution in [0.5, 0.6) is 11.5 Å². The molecule has 0 saturated heterocycles. The van der Waals surface area contributed by atoms with Crippen molar-refractivity contribution >= 4 is 17.3 Å². The zero-order valence-corrected chi connectivity index (χ0v) is 14.4. The molecule has 0 aliphatic carbocycles. The topological polar surface area (TPSA) is 38.5 Å². The van der Waals surface area contributed by atoms with Crippen molar-refractivity contribution in [2.45, 2.75) is 32.7 Å². The summed E-state index contributed by atoms with van der Waals surface area (Å²) in [4.78, 5) is 2.43. The molecule has 1 heterocycles. The number of nitrogens with zero attached hydrogens (tertiary/aromatic N) is 1. The van der Waals surface area contributed by atoms with Crippen LogP contribution in [0.4, 0.5) is 5.69 Å². The largest absolute Gasteiger partial charge is 0.457 e. The van der Waals surface area contributed by atoms with Gasteiger partial charge in [0, 0.05) is 23.3 Å². The molecule has 0 spiro atoms. The van der Waals surface area contributed by atoms with Crippen LogP contribution in [0.1, 0.15) is 25.0 Å². The SMILES string of the molecule is CC(C)N1CCc2cc(Oc3cc(Cl)ccc3CCN)ccc21. The number of hydrogen-bond acceptors (Lipinski definition) is 3. The van der Waals surface area contributed by atoms with E-state index in [2.05, 4.69) is 30.9 Å². The third-order valence-corrected chi connectivity index (χ3v) is 4.51. The Bertz CT molecular complexity index is 700. The monoisotopic (exact) mass is 330 g/mol. The van der Waals surface area contributed by atoms with E-state index in [1.807, 2.05) is 24.3 Å². The highest BCUT2D eigenvalue weighted by molar-refractivity contribution is 6.30. The van der Waals surface area contributed by atoms with Gasteiger partial charge in [-0.2, -0.15) is 0 Å². The van der Waals surface area contributed by atoms with Crippen LogP contribution < -0.4 is 15.4 Å². The van der Waals surface area contributed by atoms with Crippen molar-refractivity contribution in [2.75, 3.05) is 18.0 Å². The molecule has 23 heavy (non-hydrogen) atoms. The van der Waals surface area contributed by atoms with Crippen LogP contribution >= 0.6 is 11.6 Å². The van der Waals surface area contributed by atoms with E-state index in [4.69, 9.17) is 22.1 Å². The molecule has 0 radical (unpaired) electrons. The minimum atomic E-state index is 0.520.